The summed E-state index contributed by atoms with van der Waals surface area (Å²) in [7, 11) is 4.69. The maximum atomic E-state index is 12.4. The third-order valence-electron chi connectivity index (χ3n) is 4.80. The Labute approximate surface area is 169 Å². The van der Waals surface area contributed by atoms with Crippen LogP contribution in [-0.4, -0.2) is 46.4 Å². The van der Waals surface area contributed by atoms with Gasteiger partial charge in [-0.1, -0.05) is 0 Å². The van der Waals surface area contributed by atoms with Gasteiger partial charge >= 0.3 is 6.03 Å². The van der Waals surface area contributed by atoms with Gasteiger partial charge < -0.3 is 29.7 Å². The number of ether oxygens (including phenoxy) is 3. The highest BCUT2D eigenvalue weighted by Crippen LogP contribution is 2.29. The first kappa shape index (κ1) is 20.3. The molecule has 1 fully saturated rings. The predicted molar refractivity (Wildman–Crippen MR) is 110 cm³/mol. The van der Waals surface area contributed by atoms with Gasteiger partial charge in [-0.05, 0) is 36.4 Å². The number of nitrogens with one attached hydrogen (secondary N) is 2. The van der Waals surface area contributed by atoms with Gasteiger partial charge in [0.05, 0.1) is 27.0 Å². The maximum Gasteiger partial charge on any atom is 0.319 e. The monoisotopic (exact) mass is 399 g/mol. The molecule has 0 aliphatic carbocycles. The van der Waals surface area contributed by atoms with Crippen LogP contribution in [0, 0.1) is 5.92 Å². The molecule has 1 saturated heterocycles. The van der Waals surface area contributed by atoms with Crippen LogP contribution in [0.4, 0.5) is 16.2 Å². The molecule has 0 radical (unpaired) electrons. The molecule has 1 heterocycles. The SMILES string of the molecule is COc1ccc(N2C[C@H](CNC(=O)Nc3ccc(OC)cc3OC)CC2=O)cc1. The molecule has 29 heavy (non-hydrogen) atoms. The van der Waals surface area contributed by atoms with Crippen LogP contribution in [0.2, 0.25) is 0 Å². The van der Waals surface area contributed by atoms with Gasteiger partial charge in [-0.2, -0.15) is 0 Å². The van der Waals surface area contributed by atoms with E-state index < -0.39 is 0 Å². The summed E-state index contributed by atoms with van der Waals surface area (Å²) in [4.78, 5) is 26.4. The molecule has 154 valence electrons. The molecular weight excluding hydrogens is 374 g/mol. The van der Waals surface area contributed by atoms with Crippen molar-refractivity contribution in [3.63, 3.8) is 0 Å². The number of urea groups is 1. The van der Waals surface area contributed by atoms with Crippen LogP contribution in [0.5, 0.6) is 17.2 Å². The summed E-state index contributed by atoms with van der Waals surface area (Å²) in [6.45, 7) is 0.944. The molecular formula is C21H25N3O5. The highest BCUT2D eigenvalue weighted by atomic mass is 16.5. The predicted octanol–water partition coefficient (Wildman–Crippen LogP) is 2.89. The van der Waals surface area contributed by atoms with Crippen LogP contribution in [0.25, 0.3) is 0 Å². The molecule has 0 spiro atoms. The van der Waals surface area contributed by atoms with Gasteiger partial charge in [0.15, 0.2) is 0 Å². The Kier molecular flexibility index (Phi) is 6.43. The van der Waals surface area contributed by atoms with Crippen LogP contribution in [0.3, 0.4) is 0 Å². The Hall–Kier alpha value is -3.42. The fourth-order valence-electron chi connectivity index (χ4n) is 3.24. The molecule has 1 atom stereocenters. The summed E-state index contributed by atoms with van der Waals surface area (Å²) >= 11 is 0. The average molecular weight is 399 g/mol. The van der Waals surface area contributed by atoms with Crippen molar-refractivity contribution in [1.29, 1.82) is 0 Å². The van der Waals surface area contributed by atoms with Gasteiger partial charge in [0.25, 0.3) is 0 Å². The summed E-state index contributed by atoms with van der Waals surface area (Å²) in [6.07, 6.45) is 0.387. The Morgan fingerprint density at radius 2 is 1.72 bits per heavy atom. The van der Waals surface area contributed by atoms with Crippen LogP contribution in [0.1, 0.15) is 6.42 Å². The smallest absolute Gasteiger partial charge is 0.319 e. The summed E-state index contributed by atoms with van der Waals surface area (Å²) in [5.41, 5.74) is 1.36. The van der Waals surface area contributed by atoms with Crippen molar-refractivity contribution in [2.75, 3.05) is 44.6 Å². The van der Waals surface area contributed by atoms with Crippen molar-refractivity contribution in [3.8, 4) is 17.2 Å². The molecule has 3 amide bonds. The first-order chi connectivity index (χ1) is 14.0. The second-order valence-corrected chi connectivity index (χ2v) is 6.67. The summed E-state index contributed by atoms with van der Waals surface area (Å²) in [5, 5.41) is 5.59. The van der Waals surface area contributed by atoms with Crippen LogP contribution in [-0.2, 0) is 4.79 Å². The number of methoxy groups -OCH3 is 3. The van der Waals surface area contributed by atoms with E-state index in [9.17, 15) is 9.59 Å². The van der Waals surface area contributed by atoms with Crippen molar-refractivity contribution in [2.24, 2.45) is 5.92 Å². The Balaban J connectivity index is 1.53. The topological polar surface area (TPSA) is 89.1 Å². The number of anilines is 2. The molecule has 0 saturated carbocycles. The number of nitrogens with zero attached hydrogens (tertiary/aromatic N) is 1. The molecule has 0 bridgehead atoms. The largest absolute Gasteiger partial charge is 0.497 e. The zero-order chi connectivity index (χ0) is 20.8. The fraction of sp³-hybridized carbons (Fsp3) is 0.333. The number of carbonyl (C=O) groups is 2. The Morgan fingerprint density at radius 1 is 1.03 bits per heavy atom. The fourth-order valence-corrected chi connectivity index (χ4v) is 3.24. The first-order valence-electron chi connectivity index (χ1n) is 9.25. The minimum Gasteiger partial charge on any atom is -0.497 e. The van der Waals surface area contributed by atoms with Crippen LogP contribution < -0.4 is 29.7 Å². The lowest BCUT2D eigenvalue weighted by Crippen LogP contribution is -2.34. The second kappa shape index (κ2) is 9.18. The Morgan fingerprint density at radius 3 is 2.38 bits per heavy atom. The number of carbonyl (C=O) groups excluding carboxylic acids is 2. The second-order valence-electron chi connectivity index (χ2n) is 6.67. The van der Waals surface area contributed by atoms with Crippen molar-refractivity contribution < 1.29 is 23.8 Å². The number of amides is 3. The van der Waals surface area contributed by atoms with E-state index in [0.29, 0.717) is 36.7 Å². The van der Waals surface area contributed by atoms with Gasteiger partial charge in [0.1, 0.15) is 17.2 Å². The van der Waals surface area contributed by atoms with E-state index in [1.54, 1.807) is 37.3 Å². The molecule has 0 unspecified atom stereocenters. The number of hydrogen-bond acceptors (Lipinski definition) is 5. The van der Waals surface area contributed by atoms with E-state index >= 15 is 0 Å². The van der Waals surface area contributed by atoms with E-state index in [4.69, 9.17) is 14.2 Å². The maximum absolute atomic E-state index is 12.4. The molecule has 2 aromatic rings. The normalized spacial score (nSPS) is 15.8. The zero-order valence-electron chi connectivity index (χ0n) is 16.7. The lowest BCUT2D eigenvalue weighted by atomic mass is 10.1. The van der Waals surface area contributed by atoms with E-state index in [-0.39, 0.29) is 17.9 Å². The lowest BCUT2D eigenvalue weighted by Gasteiger charge is -2.17. The molecule has 2 N–H and O–H groups in total. The van der Waals surface area contributed by atoms with Crippen molar-refractivity contribution in [3.05, 3.63) is 42.5 Å². The molecule has 1 aliphatic heterocycles. The van der Waals surface area contributed by atoms with Gasteiger partial charge in [0, 0.05) is 37.2 Å². The van der Waals surface area contributed by atoms with E-state index in [1.165, 1.54) is 7.11 Å². The molecule has 8 heteroatoms. The minimum absolute atomic E-state index is 0.0353. The lowest BCUT2D eigenvalue weighted by molar-refractivity contribution is -0.117. The van der Waals surface area contributed by atoms with Gasteiger partial charge in [-0.3, -0.25) is 4.79 Å². The van der Waals surface area contributed by atoms with E-state index in [1.807, 2.05) is 24.3 Å². The van der Waals surface area contributed by atoms with Crippen LogP contribution in [0.15, 0.2) is 42.5 Å². The summed E-state index contributed by atoms with van der Waals surface area (Å²) in [6, 6.07) is 12.1. The number of rotatable bonds is 7. The van der Waals surface area contributed by atoms with Crippen LogP contribution >= 0.6 is 0 Å². The van der Waals surface area contributed by atoms with E-state index in [2.05, 4.69) is 10.6 Å². The van der Waals surface area contributed by atoms with Gasteiger partial charge in [-0.15, -0.1) is 0 Å². The van der Waals surface area contributed by atoms with Crippen molar-refractivity contribution in [1.82, 2.24) is 5.32 Å². The third kappa shape index (κ3) is 4.90. The third-order valence-corrected chi connectivity index (χ3v) is 4.80. The highest BCUT2D eigenvalue weighted by Gasteiger charge is 2.30. The molecule has 0 aromatic heterocycles. The average Bonchev–Trinajstić information content (AvgIpc) is 3.13. The summed E-state index contributed by atoms with van der Waals surface area (Å²) < 4.78 is 15.6. The molecule has 3 rings (SSSR count). The number of hydrogen-bond donors (Lipinski definition) is 2. The van der Waals surface area contributed by atoms with E-state index in [0.717, 1.165) is 11.4 Å². The molecule has 8 nitrogen and oxygen atoms in total. The zero-order valence-corrected chi connectivity index (χ0v) is 16.7. The van der Waals surface area contributed by atoms with Gasteiger partial charge in [-0.25, -0.2) is 4.79 Å². The van der Waals surface area contributed by atoms with Gasteiger partial charge in [0.2, 0.25) is 5.91 Å². The first-order valence-corrected chi connectivity index (χ1v) is 9.25. The highest BCUT2D eigenvalue weighted by molar-refractivity contribution is 5.96. The standard InChI is InChI=1S/C21H25N3O5/c1-27-16-6-4-15(5-7-16)24-13-14(10-20(24)25)12-22-21(26)23-18-9-8-17(28-2)11-19(18)29-3/h4-9,11,14H,10,12-13H2,1-3H3,(H2,22,23,26)/t14-/m0/s1. The molecule has 1 aliphatic rings. The summed E-state index contributed by atoms with van der Waals surface area (Å²) in [5.74, 6) is 1.95. The minimum atomic E-state index is -0.358. The van der Waals surface area contributed by atoms with Crippen molar-refractivity contribution in [2.45, 2.75) is 6.42 Å². The Bertz CT molecular complexity index is 869. The number of benzene rings is 2. The molecule has 2 aromatic carbocycles. The van der Waals surface area contributed by atoms with Crippen molar-refractivity contribution >= 4 is 23.3 Å². The quantitative estimate of drug-likeness (QED) is 0.747.